The molecule has 0 radical (unpaired) electrons. The molecule has 30 heavy (non-hydrogen) atoms. The summed E-state index contributed by atoms with van der Waals surface area (Å²) in [5.74, 6) is -1.50. The maximum Gasteiger partial charge on any atom is 0.182 e. The van der Waals surface area contributed by atoms with Crippen LogP contribution in [0.25, 0.3) is 22.9 Å². The Hall–Kier alpha value is -3.63. The summed E-state index contributed by atoms with van der Waals surface area (Å²) < 4.78 is 20.7. The second kappa shape index (κ2) is 8.01. The van der Waals surface area contributed by atoms with Gasteiger partial charge in [0.2, 0.25) is 0 Å². The maximum atomic E-state index is 14.2. The minimum atomic E-state index is -1.88. The molecule has 4 aromatic rings. The third kappa shape index (κ3) is 4.50. The first kappa shape index (κ1) is 19.7. The minimum absolute atomic E-state index is 0.116. The Kier molecular flexibility index (Phi) is 5.25. The zero-order valence-corrected chi connectivity index (χ0v) is 16.0. The van der Waals surface area contributed by atoms with Crippen molar-refractivity contribution in [1.29, 1.82) is 0 Å². The predicted molar refractivity (Wildman–Crippen MR) is 106 cm³/mol. The van der Waals surface area contributed by atoms with E-state index in [4.69, 9.17) is 4.52 Å². The zero-order valence-electron chi connectivity index (χ0n) is 16.0. The SMILES string of the molecule is CC(O)(O)CNc1ccnc(-c2cc(-c3ccon3)n(Cc3ccccc3F)n2)n1. The van der Waals surface area contributed by atoms with Gasteiger partial charge in [0.1, 0.15) is 29.3 Å². The highest BCUT2D eigenvalue weighted by atomic mass is 19.1. The number of nitrogens with one attached hydrogen (secondary N) is 1. The Morgan fingerprint density at radius 3 is 2.73 bits per heavy atom. The third-order valence-electron chi connectivity index (χ3n) is 4.25. The van der Waals surface area contributed by atoms with Gasteiger partial charge in [0.15, 0.2) is 11.6 Å². The zero-order chi connectivity index (χ0) is 21.1. The van der Waals surface area contributed by atoms with E-state index >= 15 is 0 Å². The highest BCUT2D eigenvalue weighted by Gasteiger charge is 2.18. The van der Waals surface area contributed by atoms with E-state index in [0.29, 0.717) is 34.3 Å². The molecule has 0 aliphatic carbocycles. The summed E-state index contributed by atoms with van der Waals surface area (Å²) in [7, 11) is 0. The van der Waals surface area contributed by atoms with Gasteiger partial charge >= 0.3 is 0 Å². The van der Waals surface area contributed by atoms with Crippen molar-refractivity contribution in [3.63, 3.8) is 0 Å². The number of nitrogens with zero attached hydrogens (tertiary/aromatic N) is 5. The molecule has 0 spiro atoms. The Morgan fingerprint density at radius 2 is 2.00 bits per heavy atom. The first-order valence-electron chi connectivity index (χ1n) is 9.13. The second-order valence-electron chi connectivity index (χ2n) is 6.88. The average molecular weight is 410 g/mol. The molecule has 0 amide bonds. The first-order chi connectivity index (χ1) is 14.4. The smallest absolute Gasteiger partial charge is 0.182 e. The first-order valence-corrected chi connectivity index (χ1v) is 9.13. The van der Waals surface area contributed by atoms with Gasteiger partial charge in [-0.15, -0.1) is 0 Å². The van der Waals surface area contributed by atoms with E-state index in [2.05, 4.69) is 25.5 Å². The van der Waals surface area contributed by atoms with Crippen LogP contribution in [-0.4, -0.2) is 47.5 Å². The molecule has 10 heteroatoms. The van der Waals surface area contributed by atoms with Gasteiger partial charge in [0.25, 0.3) is 0 Å². The summed E-state index contributed by atoms with van der Waals surface area (Å²) in [5.41, 5.74) is 2.07. The Morgan fingerprint density at radius 1 is 1.17 bits per heavy atom. The summed E-state index contributed by atoms with van der Waals surface area (Å²) in [5, 5.41) is 30.2. The normalized spacial score (nSPS) is 11.6. The summed E-state index contributed by atoms with van der Waals surface area (Å²) in [6.45, 7) is 1.33. The van der Waals surface area contributed by atoms with Gasteiger partial charge in [-0.1, -0.05) is 23.4 Å². The van der Waals surface area contributed by atoms with Crippen molar-refractivity contribution in [2.45, 2.75) is 19.3 Å². The molecule has 1 aromatic carbocycles. The lowest BCUT2D eigenvalue weighted by atomic mass is 10.2. The molecule has 154 valence electrons. The Balaban J connectivity index is 1.69. The van der Waals surface area contributed by atoms with Crippen LogP contribution >= 0.6 is 0 Å². The van der Waals surface area contributed by atoms with Gasteiger partial charge < -0.3 is 20.1 Å². The second-order valence-corrected chi connectivity index (χ2v) is 6.88. The van der Waals surface area contributed by atoms with Crippen LogP contribution < -0.4 is 5.32 Å². The molecule has 0 fully saturated rings. The van der Waals surface area contributed by atoms with Gasteiger partial charge in [0.05, 0.1) is 18.8 Å². The van der Waals surface area contributed by atoms with E-state index in [9.17, 15) is 14.6 Å². The van der Waals surface area contributed by atoms with Crippen molar-refractivity contribution in [1.82, 2.24) is 24.9 Å². The van der Waals surface area contributed by atoms with Crippen molar-refractivity contribution >= 4 is 5.82 Å². The molecule has 0 atom stereocenters. The van der Waals surface area contributed by atoms with Crippen LogP contribution in [0.1, 0.15) is 12.5 Å². The van der Waals surface area contributed by atoms with E-state index in [1.165, 1.54) is 25.5 Å². The van der Waals surface area contributed by atoms with Crippen LogP contribution in [0.5, 0.6) is 0 Å². The molecular weight excluding hydrogens is 391 g/mol. The number of rotatable bonds is 7. The lowest BCUT2D eigenvalue weighted by Crippen LogP contribution is -2.32. The van der Waals surface area contributed by atoms with E-state index in [1.807, 2.05) is 0 Å². The van der Waals surface area contributed by atoms with Crippen LogP contribution in [0.15, 0.2) is 59.4 Å². The molecule has 4 rings (SSSR count). The van der Waals surface area contributed by atoms with E-state index in [-0.39, 0.29) is 18.9 Å². The third-order valence-corrected chi connectivity index (χ3v) is 4.25. The van der Waals surface area contributed by atoms with E-state index < -0.39 is 5.79 Å². The number of aliphatic hydroxyl groups is 2. The molecule has 3 aromatic heterocycles. The molecule has 0 saturated heterocycles. The number of hydrogen-bond donors (Lipinski definition) is 3. The van der Waals surface area contributed by atoms with Crippen LogP contribution in [-0.2, 0) is 6.54 Å². The average Bonchev–Trinajstić information content (AvgIpc) is 3.38. The van der Waals surface area contributed by atoms with Gasteiger partial charge in [-0.3, -0.25) is 4.68 Å². The molecule has 0 saturated carbocycles. The highest BCUT2D eigenvalue weighted by molar-refractivity contribution is 5.63. The summed E-state index contributed by atoms with van der Waals surface area (Å²) in [4.78, 5) is 8.61. The fourth-order valence-corrected chi connectivity index (χ4v) is 2.82. The topological polar surface area (TPSA) is 122 Å². The van der Waals surface area contributed by atoms with Gasteiger partial charge in [-0.25, -0.2) is 14.4 Å². The number of aromatic nitrogens is 5. The predicted octanol–water partition coefficient (Wildman–Crippen LogP) is 2.30. The molecule has 3 N–H and O–H groups in total. The molecule has 0 unspecified atom stereocenters. The lowest BCUT2D eigenvalue weighted by molar-refractivity contribution is -0.131. The van der Waals surface area contributed by atoms with Crippen LogP contribution in [0.4, 0.5) is 10.2 Å². The summed E-state index contributed by atoms with van der Waals surface area (Å²) >= 11 is 0. The van der Waals surface area contributed by atoms with Crippen LogP contribution in [0, 0.1) is 5.82 Å². The number of halogens is 1. The van der Waals surface area contributed by atoms with Crippen molar-refractivity contribution in [2.24, 2.45) is 0 Å². The molecule has 0 aliphatic rings. The van der Waals surface area contributed by atoms with Crippen molar-refractivity contribution in [3.05, 3.63) is 66.3 Å². The van der Waals surface area contributed by atoms with Crippen molar-refractivity contribution in [3.8, 4) is 22.9 Å². The Labute approximate surface area is 170 Å². The molecule has 9 nitrogen and oxygen atoms in total. The monoisotopic (exact) mass is 410 g/mol. The minimum Gasteiger partial charge on any atom is -0.365 e. The largest absolute Gasteiger partial charge is 0.365 e. The van der Waals surface area contributed by atoms with Crippen LogP contribution in [0.2, 0.25) is 0 Å². The van der Waals surface area contributed by atoms with Crippen molar-refractivity contribution in [2.75, 3.05) is 11.9 Å². The quantitative estimate of drug-likeness (QED) is 0.397. The number of anilines is 1. The fraction of sp³-hybridized carbons (Fsp3) is 0.200. The van der Waals surface area contributed by atoms with E-state index in [0.717, 1.165) is 0 Å². The summed E-state index contributed by atoms with van der Waals surface area (Å²) in [6, 6.07) is 11.5. The number of benzene rings is 1. The van der Waals surface area contributed by atoms with E-state index in [1.54, 1.807) is 41.1 Å². The highest BCUT2D eigenvalue weighted by Crippen LogP contribution is 2.25. The molecule has 0 bridgehead atoms. The van der Waals surface area contributed by atoms with Crippen LogP contribution in [0.3, 0.4) is 0 Å². The number of hydrogen-bond acceptors (Lipinski definition) is 8. The van der Waals surface area contributed by atoms with Crippen molar-refractivity contribution < 1.29 is 19.1 Å². The lowest BCUT2D eigenvalue weighted by Gasteiger charge is -2.16. The molecule has 0 aliphatic heterocycles. The fourth-order valence-electron chi connectivity index (χ4n) is 2.82. The van der Waals surface area contributed by atoms with Gasteiger partial charge in [-0.2, -0.15) is 5.10 Å². The standard InChI is InChI=1S/C20H19FN6O3/c1-20(28,29)12-23-18-6-8-22-19(24-18)16-10-17(15-7-9-30-26-15)27(25-16)11-13-4-2-3-5-14(13)21/h2-10,28-29H,11-12H2,1H3,(H,22,23,24). The Bertz CT molecular complexity index is 1140. The summed E-state index contributed by atoms with van der Waals surface area (Å²) in [6.07, 6.45) is 2.97. The maximum absolute atomic E-state index is 14.2. The molecular formula is C20H19FN6O3. The van der Waals surface area contributed by atoms with Gasteiger partial charge in [-0.05, 0) is 25.1 Å². The molecule has 3 heterocycles. The van der Waals surface area contributed by atoms with Gasteiger partial charge in [0, 0.05) is 17.8 Å².